The zero-order chi connectivity index (χ0) is 13.0. The van der Waals surface area contributed by atoms with E-state index in [1.54, 1.807) is 0 Å². The number of aromatic nitrogens is 2. The van der Waals surface area contributed by atoms with Crippen LogP contribution in [-0.4, -0.2) is 34.8 Å². The van der Waals surface area contributed by atoms with Gasteiger partial charge in [-0.1, -0.05) is 0 Å². The summed E-state index contributed by atoms with van der Waals surface area (Å²) in [5.41, 5.74) is 1.15. The summed E-state index contributed by atoms with van der Waals surface area (Å²) in [5.74, 6) is 1.22. The van der Waals surface area contributed by atoms with Gasteiger partial charge in [-0.15, -0.1) is 0 Å². The van der Waals surface area contributed by atoms with E-state index in [1.165, 1.54) is 12.8 Å². The number of aliphatic hydroxyl groups excluding tert-OH is 1. The molecule has 0 saturated heterocycles. The van der Waals surface area contributed by atoms with Crippen LogP contribution in [-0.2, 0) is 0 Å². The van der Waals surface area contributed by atoms with Crippen LogP contribution in [0.25, 0.3) is 0 Å². The van der Waals surface area contributed by atoms with Crippen LogP contribution in [0, 0.1) is 12.3 Å². The average molecular weight is 251 g/mol. The molecule has 0 unspecified atom stereocenters. The topological polar surface area (TPSA) is 67.3 Å². The van der Waals surface area contributed by atoms with Crippen molar-refractivity contribution in [2.24, 2.45) is 5.41 Å². The van der Waals surface area contributed by atoms with E-state index in [0.29, 0.717) is 18.4 Å². The van der Waals surface area contributed by atoms with E-state index < -0.39 is 0 Å². The van der Waals surface area contributed by atoms with E-state index in [1.807, 2.05) is 19.9 Å². The predicted octanol–water partition coefficient (Wildman–Crippen LogP) is 1.76. The van der Waals surface area contributed by atoms with Crippen LogP contribution in [0.15, 0.2) is 6.07 Å². The van der Waals surface area contributed by atoms with Gasteiger partial charge in [0.25, 0.3) is 0 Å². The molecule has 1 aliphatic rings. The predicted molar refractivity (Wildman–Crippen MR) is 69.8 cm³/mol. The number of anilines is 1. The summed E-state index contributed by atoms with van der Waals surface area (Å²) in [5, 5.41) is 12.3. The van der Waals surface area contributed by atoms with Gasteiger partial charge in [0.2, 0.25) is 11.8 Å². The van der Waals surface area contributed by atoms with Gasteiger partial charge in [0, 0.05) is 24.9 Å². The third-order valence-electron chi connectivity index (χ3n) is 3.34. The van der Waals surface area contributed by atoms with Crippen molar-refractivity contribution in [2.75, 3.05) is 25.1 Å². The quantitative estimate of drug-likeness (QED) is 0.773. The third-order valence-corrected chi connectivity index (χ3v) is 3.34. The maximum absolute atomic E-state index is 9.02. The summed E-state index contributed by atoms with van der Waals surface area (Å²) < 4.78 is 5.39. The zero-order valence-electron chi connectivity index (χ0n) is 11.1. The molecule has 100 valence electrons. The van der Waals surface area contributed by atoms with Crippen LogP contribution in [0.2, 0.25) is 0 Å². The highest BCUT2D eigenvalue weighted by atomic mass is 16.5. The van der Waals surface area contributed by atoms with E-state index in [4.69, 9.17) is 9.84 Å². The highest BCUT2D eigenvalue weighted by molar-refractivity contribution is 5.31. The fourth-order valence-corrected chi connectivity index (χ4v) is 2.04. The Morgan fingerprint density at radius 3 is 2.83 bits per heavy atom. The van der Waals surface area contributed by atoms with Gasteiger partial charge in [0.15, 0.2) is 0 Å². The molecule has 18 heavy (non-hydrogen) atoms. The molecule has 0 bridgehead atoms. The first-order valence-corrected chi connectivity index (χ1v) is 6.51. The number of rotatable bonds is 7. The van der Waals surface area contributed by atoms with E-state index in [9.17, 15) is 0 Å². The van der Waals surface area contributed by atoms with Crippen LogP contribution in [0.5, 0.6) is 5.88 Å². The number of aryl methyl sites for hydroxylation is 1. The lowest BCUT2D eigenvalue weighted by atomic mass is 10.0. The molecule has 5 nitrogen and oxygen atoms in total. The Labute approximate surface area is 108 Å². The molecule has 1 fully saturated rings. The van der Waals surface area contributed by atoms with Crippen molar-refractivity contribution in [2.45, 2.75) is 33.1 Å². The van der Waals surface area contributed by atoms with E-state index in [0.717, 1.165) is 18.7 Å². The highest BCUT2D eigenvalue weighted by Crippen LogP contribution is 2.48. The van der Waals surface area contributed by atoms with Crippen LogP contribution in [0.1, 0.15) is 31.9 Å². The van der Waals surface area contributed by atoms with Crippen LogP contribution >= 0.6 is 0 Å². The number of ether oxygens (including phenoxy) is 1. The first kappa shape index (κ1) is 13.1. The molecule has 0 atom stereocenters. The van der Waals surface area contributed by atoms with Gasteiger partial charge in [-0.25, -0.2) is 4.98 Å². The average Bonchev–Trinajstić information content (AvgIpc) is 3.07. The Kier molecular flexibility index (Phi) is 4.01. The summed E-state index contributed by atoms with van der Waals surface area (Å²) in [6, 6.07) is 1.83. The van der Waals surface area contributed by atoms with Gasteiger partial charge < -0.3 is 15.2 Å². The highest BCUT2D eigenvalue weighted by Gasteiger charge is 2.41. The minimum atomic E-state index is 0.251. The first-order chi connectivity index (χ1) is 8.67. The molecular weight excluding hydrogens is 230 g/mol. The second kappa shape index (κ2) is 5.52. The second-order valence-electron chi connectivity index (χ2n) is 4.93. The zero-order valence-corrected chi connectivity index (χ0v) is 11.1. The molecule has 2 rings (SSSR count). The molecule has 0 radical (unpaired) electrons. The fraction of sp³-hybridized carbons (Fsp3) is 0.692. The molecule has 0 amide bonds. The molecule has 0 aromatic carbocycles. The summed E-state index contributed by atoms with van der Waals surface area (Å²) in [6.07, 6.45) is 3.19. The van der Waals surface area contributed by atoms with Crippen molar-refractivity contribution >= 4 is 5.95 Å². The first-order valence-electron chi connectivity index (χ1n) is 6.51. The number of aliphatic hydroxyl groups is 1. The van der Waals surface area contributed by atoms with Crippen LogP contribution in [0.4, 0.5) is 5.95 Å². The minimum Gasteiger partial charge on any atom is -0.478 e. The summed E-state index contributed by atoms with van der Waals surface area (Å²) in [4.78, 5) is 8.65. The SMILES string of the molecule is CCOc1cc(C)nc(NCC2(CCO)CC2)n1. The molecule has 0 spiro atoms. The fourth-order valence-electron chi connectivity index (χ4n) is 2.04. The number of hydrogen-bond donors (Lipinski definition) is 2. The third kappa shape index (κ3) is 3.32. The monoisotopic (exact) mass is 251 g/mol. The van der Waals surface area contributed by atoms with Gasteiger partial charge in [-0.05, 0) is 38.5 Å². The van der Waals surface area contributed by atoms with E-state index >= 15 is 0 Å². The van der Waals surface area contributed by atoms with Crippen molar-refractivity contribution in [1.29, 1.82) is 0 Å². The van der Waals surface area contributed by atoms with E-state index in [2.05, 4.69) is 15.3 Å². The summed E-state index contributed by atoms with van der Waals surface area (Å²) >= 11 is 0. The van der Waals surface area contributed by atoms with Gasteiger partial charge >= 0.3 is 0 Å². The normalized spacial score (nSPS) is 16.4. The Morgan fingerprint density at radius 1 is 1.44 bits per heavy atom. The lowest BCUT2D eigenvalue weighted by Crippen LogP contribution is -2.18. The molecular formula is C13H21N3O2. The van der Waals surface area contributed by atoms with Gasteiger partial charge in [-0.2, -0.15) is 4.98 Å². The smallest absolute Gasteiger partial charge is 0.226 e. The van der Waals surface area contributed by atoms with Crippen LogP contribution in [0.3, 0.4) is 0 Å². The standard InChI is InChI=1S/C13H21N3O2/c1-3-18-11-8-10(2)15-12(16-11)14-9-13(4-5-13)6-7-17/h8,17H,3-7,9H2,1-2H3,(H,14,15,16). The lowest BCUT2D eigenvalue weighted by molar-refractivity contribution is 0.253. The Balaban J connectivity index is 1.96. The van der Waals surface area contributed by atoms with Gasteiger partial charge in [0.1, 0.15) is 0 Å². The van der Waals surface area contributed by atoms with Crippen molar-refractivity contribution in [3.8, 4) is 5.88 Å². The molecule has 1 heterocycles. The maximum atomic E-state index is 9.02. The molecule has 1 aromatic heterocycles. The molecule has 1 saturated carbocycles. The Hall–Kier alpha value is -1.36. The minimum absolute atomic E-state index is 0.251. The van der Waals surface area contributed by atoms with Crippen molar-refractivity contribution in [1.82, 2.24) is 9.97 Å². The number of nitrogens with zero attached hydrogens (tertiary/aromatic N) is 2. The lowest BCUT2D eigenvalue weighted by Gasteiger charge is -2.15. The van der Waals surface area contributed by atoms with Crippen molar-refractivity contribution in [3.63, 3.8) is 0 Å². The van der Waals surface area contributed by atoms with Gasteiger partial charge in [-0.3, -0.25) is 0 Å². The second-order valence-corrected chi connectivity index (χ2v) is 4.93. The molecule has 2 N–H and O–H groups in total. The molecule has 0 aliphatic heterocycles. The number of hydrogen-bond acceptors (Lipinski definition) is 5. The molecule has 1 aliphatic carbocycles. The Bertz CT molecular complexity index is 405. The summed E-state index contributed by atoms with van der Waals surface area (Å²) in [7, 11) is 0. The molecule has 1 aromatic rings. The number of nitrogens with one attached hydrogen (secondary N) is 1. The van der Waals surface area contributed by atoms with Crippen LogP contribution < -0.4 is 10.1 Å². The largest absolute Gasteiger partial charge is 0.478 e. The van der Waals surface area contributed by atoms with E-state index in [-0.39, 0.29) is 12.0 Å². The molecule has 5 heteroatoms. The van der Waals surface area contributed by atoms with Gasteiger partial charge in [0.05, 0.1) is 6.61 Å². The van der Waals surface area contributed by atoms with Crippen molar-refractivity contribution < 1.29 is 9.84 Å². The summed E-state index contributed by atoms with van der Waals surface area (Å²) in [6.45, 7) is 5.54. The Morgan fingerprint density at radius 2 is 2.22 bits per heavy atom. The maximum Gasteiger partial charge on any atom is 0.226 e. The van der Waals surface area contributed by atoms with Crippen molar-refractivity contribution in [3.05, 3.63) is 11.8 Å².